The SMILES string of the molecule is N/C=C\C=C(/N)c1cccnc1NCc1ccc(F)c2cc[nH]c12. The molecule has 3 rings (SSSR count). The zero-order chi connectivity index (χ0) is 16.9. The van der Waals surface area contributed by atoms with Crippen LogP contribution in [0.15, 0.2) is 61.1 Å². The highest BCUT2D eigenvalue weighted by molar-refractivity contribution is 5.83. The van der Waals surface area contributed by atoms with Crippen LogP contribution in [0.2, 0.25) is 0 Å². The molecule has 6 N–H and O–H groups in total. The van der Waals surface area contributed by atoms with Crippen LogP contribution in [0.4, 0.5) is 10.2 Å². The summed E-state index contributed by atoms with van der Waals surface area (Å²) >= 11 is 0. The molecular formula is C18H18FN5. The molecule has 3 aromatic rings. The van der Waals surface area contributed by atoms with Gasteiger partial charge in [0.2, 0.25) is 0 Å². The Labute approximate surface area is 138 Å². The summed E-state index contributed by atoms with van der Waals surface area (Å²) in [7, 11) is 0. The first-order valence-electron chi connectivity index (χ1n) is 7.48. The van der Waals surface area contributed by atoms with E-state index in [0.717, 1.165) is 16.6 Å². The van der Waals surface area contributed by atoms with Crippen molar-refractivity contribution < 1.29 is 4.39 Å². The third-order valence-electron chi connectivity index (χ3n) is 3.71. The first-order valence-corrected chi connectivity index (χ1v) is 7.48. The van der Waals surface area contributed by atoms with E-state index in [-0.39, 0.29) is 5.82 Å². The second-order valence-corrected chi connectivity index (χ2v) is 5.23. The topological polar surface area (TPSA) is 92.8 Å². The summed E-state index contributed by atoms with van der Waals surface area (Å²) in [4.78, 5) is 7.41. The van der Waals surface area contributed by atoms with Crippen molar-refractivity contribution in [3.63, 3.8) is 0 Å². The quantitative estimate of drug-likeness (QED) is 0.543. The first kappa shape index (κ1) is 15.6. The second kappa shape index (κ2) is 6.87. The van der Waals surface area contributed by atoms with Crippen LogP contribution < -0.4 is 16.8 Å². The van der Waals surface area contributed by atoms with E-state index in [1.54, 1.807) is 36.7 Å². The number of benzene rings is 1. The molecule has 0 saturated heterocycles. The molecule has 0 aliphatic rings. The first-order chi connectivity index (χ1) is 11.7. The maximum absolute atomic E-state index is 13.8. The number of hydrogen-bond donors (Lipinski definition) is 4. The molecule has 0 bridgehead atoms. The number of H-pyrrole nitrogens is 1. The number of fused-ring (bicyclic) bond motifs is 1. The van der Waals surface area contributed by atoms with Crippen molar-refractivity contribution in [2.24, 2.45) is 11.5 Å². The lowest BCUT2D eigenvalue weighted by Crippen LogP contribution is -2.07. The number of nitrogens with zero attached hydrogens (tertiary/aromatic N) is 1. The number of nitrogens with two attached hydrogens (primary N) is 2. The zero-order valence-corrected chi connectivity index (χ0v) is 13.0. The zero-order valence-electron chi connectivity index (χ0n) is 13.0. The van der Waals surface area contributed by atoms with Crippen LogP contribution >= 0.6 is 0 Å². The van der Waals surface area contributed by atoms with Gasteiger partial charge in [-0.3, -0.25) is 0 Å². The molecule has 0 aliphatic carbocycles. The maximum Gasteiger partial charge on any atom is 0.135 e. The third-order valence-corrected chi connectivity index (χ3v) is 3.71. The number of aromatic amines is 1. The number of allylic oxidation sites excluding steroid dienone is 2. The van der Waals surface area contributed by atoms with Crippen molar-refractivity contribution in [2.45, 2.75) is 6.54 Å². The molecule has 24 heavy (non-hydrogen) atoms. The minimum Gasteiger partial charge on any atom is -0.405 e. The van der Waals surface area contributed by atoms with Gasteiger partial charge in [0.1, 0.15) is 11.6 Å². The summed E-state index contributed by atoms with van der Waals surface area (Å²) in [6.07, 6.45) is 8.20. The number of anilines is 1. The Kier molecular flexibility index (Phi) is 4.47. The van der Waals surface area contributed by atoms with Gasteiger partial charge in [0.25, 0.3) is 0 Å². The summed E-state index contributed by atoms with van der Waals surface area (Å²) in [5.74, 6) is 0.412. The number of aromatic nitrogens is 2. The van der Waals surface area contributed by atoms with Crippen molar-refractivity contribution in [1.29, 1.82) is 0 Å². The Bertz CT molecular complexity index is 911. The molecule has 2 heterocycles. The number of nitrogens with one attached hydrogen (secondary N) is 2. The van der Waals surface area contributed by atoms with Crippen molar-refractivity contribution in [3.8, 4) is 0 Å². The molecule has 5 nitrogen and oxygen atoms in total. The van der Waals surface area contributed by atoms with Gasteiger partial charge in [-0.05, 0) is 48.2 Å². The van der Waals surface area contributed by atoms with Gasteiger partial charge in [-0.2, -0.15) is 0 Å². The molecule has 0 radical (unpaired) electrons. The molecule has 0 spiro atoms. The van der Waals surface area contributed by atoms with E-state index in [0.29, 0.717) is 23.4 Å². The fourth-order valence-corrected chi connectivity index (χ4v) is 2.54. The van der Waals surface area contributed by atoms with E-state index in [1.807, 2.05) is 12.1 Å². The summed E-state index contributed by atoms with van der Waals surface area (Å²) < 4.78 is 13.8. The average Bonchev–Trinajstić information content (AvgIpc) is 3.10. The number of halogens is 1. The van der Waals surface area contributed by atoms with E-state index in [2.05, 4.69) is 15.3 Å². The van der Waals surface area contributed by atoms with Crippen molar-refractivity contribution in [2.75, 3.05) is 5.32 Å². The van der Waals surface area contributed by atoms with Gasteiger partial charge in [-0.25, -0.2) is 9.37 Å². The highest BCUT2D eigenvalue weighted by Crippen LogP contribution is 2.23. The van der Waals surface area contributed by atoms with E-state index in [4.69, 9.17) is 11.5 Å². The lowest BCUT2D eigenvalue weighted by atomic mass is 10.1. The number of hydrogen-bond acceptors (Lipinski definition) is 4. The van der Waals surface area contributed by atoms with Crippen LogP contribution in [-0.4, -0.2) is 9.97 Å². The molecule has 0 unspecified atom stereocenters. The Morgan fingerprint density at radius 3 is 3.00 bits per heavy atom. The van der Waals surface area contributed by atoms with Crippen LogP contribution in [0, 0.1) is 5.82 Å². The summed E-state index contributed by atoms with van der Waals surface area (Å²) in [5.41, 5.74) is 14.4. The normalized spacial score (nSPS) is 12.1. The Balaban J connectivity index is 1.87. The average molecular weight is 323 g/mol. The lowest BCUT2D eigenvalue weighted by Gasteiger charge is -2.12. The molecule has 122 valence electrons. The minimum atomic E-state index is -0.241. The van der Waals surface area contributed by atoms with Gasteiger partial charge >= 0.3 is 0 Å². The largest absolute Gasteiger partial charge is 0.405 e. The fourth-order valence-electron chi connectivity index (χ4n) is 2.54. The third kappa shape index (κ3) is 3.08. The summed E-state index contributed by atoms with van der Waals surface area (Å²) in [5, 5.41) is 3.83. The molecule has 0 aliphatic heterocycles. The van der Waals surface area contributed by atoms with Crippen LogP contribution in [0.3, 0.4) is 0 Å². The van der Waals surface area contributed by atoms with Gasteiger partial charge in [0.05, 0.1) is 5.52 Å². The number of pyridine rings is 1. The van der Waals surface area contributed by atoms with Gasteiger partial charge in [0.15, 0.2) is 0 Å². The van der Waals surface area contributed by atoms with E-state index in [1.165, 1.54) is 12.3 Å². The predicted molar refractivity (Wildman–Crippen MR) is 95.3 cm³/mol. The van der Waals surface area contributed by atoms with Gasteiger partial charge in [0, 0.05) is 35.6 Å². The molecule has 1 aromatic carbocycles. The number of rotatable bonds is 5. The van der Waals surface area contributed by atoms with Crippen LogP contribution in [0.25, 0.3) is 16.6 Å². The lowest BCUT2D eigenvalue weighted by molar-refractivity contribution is 0.639. The predicted octanol–water partition coefficient (Wildman–Crippen LogP) is 3.09. The smallest absolute Gasteiger partial charge is 0.135 e. The van der Waals surface area contributed by atoms with Crippen LogP contribution in [0.1, 0.15) is 11.1 Å². The molecule has 0 saturated carbocycles. The van der Waals surface area contributed by atoms with Crippen LogP contribution in [0.5, 0.6) is 0 Å². The maximum atomic E-state index is 13.8. The molecule has 2 aromatic heterocycles. The van der Waals surface area contributed by atoms with Crippen molar-refractivity contribution in [3.05, 3.63) is 78.0 Å². The molecular weight excluding hydrogens is 305 g/mol. The Hall–Kier alpha value is -3.28. The van der Waals surface area contributed by atoms with Crippen molar-refractivity contribution >= 4 is 22.4 Å². The molecule has 0 fully saturated rings. The summed E-state index contributed by atoms with van der Waals surface area (Å²) in [6.45, 7) is 0.487. The highest BCUT2D eigenvalue weighted by atomic mass is 19.1. The molecule has 6 heteroatoms. The summed E-state index contributed by atoms with van der Waals surface area (Å²) in [6, 6.07) is 8.63. The monoisotopic (exact) mass is 323 g/mol. The fraction of sp³-hybridized carbons (Fsp3) is 0.0556. The highest BCUT2D eigenvalue weighted by Gasteiger charge is 2.09. The Morgan fingerprint density at radius 2 is 2.17 bits per heavy atom. The van der Waals surface area contributed by atoms with Gasteiger partial charge in [-0.15, -0.1) is 0 Å². The molecule has 0 atom stereocenters. The van der Waals surface area contributed by atoms with Crippen LogP contribution in [-0.2, 0) is 6.54 Å². The van der Waals surface area contributed by atoms with Gasteiger partial charge in [-0.1, -0.05) is 6.07 Å². The van der Waals surface area contributed by atoms with E-state index < -0.39 is 0 Å². The van der Waals surface area contributed by atoms with Gasteiger partial charge < -0.3 is 21.8 Å². The van der Waals surface area contributed by atoms with E-state index >= 15 is 0 Å². The van der Waals surface area contributed by atoms with Crippen molar-refractivity contribution in [1.82, 2.24) is 9.97 Å². The minimum absolute atomic E-state index is 0.241. The van der Waals surface area contributed by atoms with E-state index in [9.17, 15) is 4.39 Å². The standard InChI is InChI=1S/C18H18FN5/c19-15-6-5-12(17-13(15)7-10-22-17)11-24-18-14(3-2-9-23-18)16(21)4-1-8-20/h1-10,22H,11,20-21H2,(H,23,24)/b8-1-,16-4-. The second-order valence-electron chi connectivity index (χ2n) is 5.23. The Morgan fingerprint density at radius 1 is 1.29 bits per heavy atom. The molecule has 0 amide bonds.